The minimum Gasteiger partial charge on any atom is -0.321 e. The van der Waals surface area contributed by atoms with E-state index in [-0.39, 0.29) is 11.1 Å². The van der Waals surface area contributed by atoms with E-state index in [1.54, 1.807) is 25.5 Å². The van der Waals surface area contributed by atoms with Crippen LogP contribution in [0.5, 0.6) is 0 Å². The molecule has 0 bridgehead atoms. The first-order valence-corrected chi connectivity index (χ1v) is 7.59. The van der Waals surface area contributed by atoms with Crippen molar-refractivity contribution in [1.82, 2.24) is 24.5 Å². The molecule has 1 N–H and O–H groups in total. The molecule has 25 heavy (non-hydrogen) atoms. The highest BCUT2D eigenvalue weighted by molar-refractivity contribution is 5.84. The van der Waals surface area contributed by atoms with Crippen LogP contribution in [0.25, 0.3) is 33.5 Å². The molecule has 4 aromatic rings. The van der Waals surface area contributed by atoms with E-state index in [2.05, 4.69) is 19.9 Å². The van der Waals surface area contributed by atoms with Crippen LogP contribution in [0.15, 0.2) is 64.7 Å². The number of nitrogens with one attached hydrogen (secondary N) is 1. The van der Waals surface area contributed by atoms with E-state index >= 15 is 0 Å². The number of H-pyrrole nitrogens is 1. The topological polar surface area (TPSA) is 93.5 Å². The van der Waals surface area contributed by atoms with Crippen LogP contribution in [0.3, 0.4) is 0 Å². The highest BCUT2D eigenvalue weighted by Crippen LogP contribution is 2.20. The second-order valence-corrected chi connectivity index (χ2v) is 5.58. The third kappa shape index (κ3) is 2.61. The summed E-state index contributed by atoms with van der Waals surface area (Å²) in [7, 11) is 1.64. The number of aromatic nitrogens is 5. The van der Waals surface area contributed by atoms with Gasteiger partial charge in [-0.25, -0.2) is 9.97 Å². The summed E-state index contributed by atoms with van der Waals surface area (Å²) in [4.78, 5) is 39.2. The predicted octanol–water partition coefficient (Wildman–Crippen LogP) is 1.75. The zero-order valence-electron chi connectivity index (χ0n) is 13.3. The van der Waals surface area contributed by atoms with Gasteiger partial charge in [0, 0.05) is 30.4 Å². The van der Waals surface area contributed by atoms with Gasteiger partial charge in [0.15, 0.2) is 5.82 Å². The molecule has 7 nitrogen and oxygen atoms in total. The van der Waals surface area contributed by atoms with Gasteiger partial charge in [0.25, 0.3) is 11.1 Å². The van der Waals surface area contributed by atoms with Crippen LogP contribution in [-0.4, -0.2) is 24.5 Å². The third-order valence-electron chi connectivity index (χ3n) is 4.02. The van der Waals surface area contributed by atoms with Crippen molar-refractivity contribution in [3.8, 4) is 22.8 Å². The molecule has 1 aromatic carbocycles. The SMILES string of the molecule is Cn1c(-c2ncc(-c3cc4ccccc4c(=O)[nH]3)cn2)cncc1=O. The van der Waals surface area contributed by atoms with E-state index in [1.165, 1.54) is 17.0 Å². The van der Waals surface area contributed by atoms with E-state index in [0.29, 0.717) is 28.2 Å². The molecule has 0 spiro atoms. The maximum Gasteiger partial charge on any atom is 0.269 e. The van der Waals surface area contributed by atoms with E-state index in [9.17, 15) is 9.59 Å². The van der Waals surface area contributed by atoms with Gasteiger partial charge in [-0.15, -0.1) is 0 Å². The van der Waals surface area contributed by atoms with Gasteiger partial charge in [0.05, 0.1) is 18.1 Å². The van der Waals surface area contributed by atoms with E-state index in [1.807, 2.05) is 24.3 Å². The number of hydrogen-bond donors (Lipinski definition) is 1. The summed E-state index contributed by atoms with van der Waals surface area (Å²) in [6, 6.07) is 9.26. The van der Waals surface area contributed by atoms with Gasteiger partial charge in [-0.3, -0.25) is 14.6 Å². The maximum atomic E-state index is 12.2. The van der Waals surface area contributed by atoms with Crippen LogP contribution >= 0.6 is 0 Å². The monoisotopic (exact) mass is 331 g/mol. The first-order valence-electron chi connectivity index (χ1n) is 7.59. The van der Waals surface area contributed by atoms with Gasteiger partial charge in [-0.05, 0) is 17.5 Å². The molecule has 0 aliphatic heterocycles. The molecule has 3 heterocycles. The van der Waals surface area contributed by atoms with Crippen LogP contribution < -0.4 is 11.1 Å². The minimum absolute atomic E-state index is 0.160. The summed E-state index contributed by atoms with van der Waals surface area (Å²) < 4.78 is 1.43. The lowest BCUT2D eigenvalue weighted by Crippen LogP contribution is -2.18. The number of hydrogen-bond acceptors (Lipinski definition) is 5. The Balaban J connectivity index is 1.79. The van der Waals surface area contributed by atoms with Gasteiger partial charge < -0.3 is 9.55 Å². The van der Waals surface area contributed by atoms with E-state index in [4.69, 9.17) is 0 Å². The lowest BCUT2D eigenvalue weighted by molar-refractivity contribution is 0.840. The van der Waals surface area contributed by atoms with Crippen LogP contribution in [0.4, 0.5) is 0 Å². The first kappa shape index (κ1) is 14.9. The van der Waals surface area contributed by atoms with Crippen molar-refractivity contribution in [2.75, 3.05) is 0 Å². The van der Waals surface area contributed by atoms with Crippen molar-refractivity contribution in [2.24, 2.45) is 7.05 Å². The average molecular weight is 331 g/mol. The van der Waals surface area contributed by atoms with Crippen molar-refractivity contribution in [3.63, 3.8) is 0 Å². The fourth-order valence-corrected chi connectivity index (χ4v) is 2.64. The van der Waals surface area contributed by atoms with Crippen molar-refractivity contribution in [2.45, 2.75) is 0 Å². The summed E-state index contributed by atoms with van der Waals surface area (Å²) in [5, 5.41) is 1.48. The molecule has 0 saturated heterocycles. The Kier molecular flexibility index (Phi) is 3.46. The predicted molar refractivity (Wildman–Crippen MR) is 94.1 cm³/mol. The molecule has 0 aliphatic rings. The van der Waals surface area contributed by atoms with Crippen LogP contribution in [0.1, 0.15) is 0 Å². The van der Waals surface area contributed by atoms with Crippen molar-refractivity contribution in [3.05, 3.63) is 75.8 Å². The molecule has 3 aromatic heterocycles. The number of pyridine rings is 1. The molecule has 0 saturated carbocycles. The number of rotatable bonds is 2. The number of benzene rings is 1. The van der Waals surface area contributed by atoms with E-state index < -0.39 is 0 Å². The summed E-state index contributed by atoms with van der Waals surface area (Å²) in [5.41, 5.74) is 1.44. The molecule has 0 amide bonds. The maximum absolute atomic E-state index is 12.2. The van der Waals surface area contributed by atoms with Crippen LogP contribution in [-0.2, 0) is 7.05 Å². The normalized spacial score (nSPS) is 10.9. The smallest absolute Gasteiger partial charge is 0.269 e. The van der Waals surface area contributed by atoms with Gasteiger partial charge in [-0.2, -0.15) is 0 Å². The second kappa shape index (κ2) is 5.79. The molecular weight excluding hydrogens is 318 g/mol. The second-order valence-electron chi connectivity index (χ2n) is 5.58. The standard InChI is InChI=1S/C18H13N5O2/c1-23-15(9-19-10-16(23)24)17-20-7-12(8-21-17)14-6-11-4-2-3-5-13(11)18(25)22-14/h2-10H,1H3,(H,22,25). The van der Waals surface area contributed by atoms with E-state index in [0.717, 1.165) is 5.39 Å². The Hall–Kier alpha value is -3.61. The molecule has 0 aliphatic carbocycles. The fraction of sp³-hybridized carbons (Fsp3) is 0.0556. The molecule has 0 atom stereocenters. The molecule has 7 heteroatoms. The van der Waals surface area contributed by atoms with Crippen LogP contribution in [0.2, 0.25) is 0 Å². The Morgan fingerprint density at radius 3 is 2.56 bits per heavy atom. The van der Waals surface area contributed by atoms with Crippen LogP contribution in [0, 0.1) is 0 Å². The fourth-order valence-electron chi connectivity index (χ4n) is 2.64. The number of fused-ring (bicyclic) bond motifs is 1. The lowest BCUT2D eigenvalue weighted by Gasteiger charge is -2.07. The Labute approximate surface area is 141 Å². The number of aromatic amines is 1. The summed E-state index contributed by atoms with van der Waals surface area (Å²) in [6.07, 6.45) is 5.99. The molecule has 0 unspecified atom stereocenters. The largest absolute Gasteiger partial charge is 0.321 e. The van der Waals surface area contributed by atoms with Gasteiger partial charge in [-0.1, -0.05) is 18.2 Å². The average Bonchev–Trinajstić information content (AvgIpc) is 2.64. The molecule has 0 radical (unpaired) electrons. The van der Waals surface area contributed by atoms with Gasteiger partial charge >= 0.3 is 0 Å². The zero-order valence-corrected chi connectivity index (χ0v) is 13.3. The summed E-state index contributed by atoms with van der Waals surface area (Å²) >= 11 is 0. The minimum atomic E-state index is -0.232. The highest BCUT2D eigenvalue weighted by Gasteiger charge is 2.09. The van der Waals surface area contributed by atoms with Crippen molar-refractivity contribution in [1.29, 1.82) is 0 Å². The Bertz CT molecular complexity index is 1190. The number of nitrogens with zero attached hydrogens (tertiary/aromatic N) is 4. The third-order valence-corrected chi connectivity index (χ3v) is 4.02. The first-order chi connectivity index (χ1) is 12.1. The Morgan fingerprint density at radius 2 is 1.76 bits per heavy atom. The summed E-state index contributed by atoms with van der Waals surface area (Å²) in [5.74, 6) is 0.389. The molecular formula is C18H13N5O2. The van der Waals surface area contributed by atoms with Gasteiger partial charge in [0.2, 0.25) is 0 Å². The highest BCUT2D eigenvalue weighted by atomic mass is 16.1. The molecule has 122 valence electrons. The molecule has 4 rings (SSSR count). The van der Waals surface area contributed by atoms with Crippen molar-refractivity contribution >= 4 is 10.8 Å². The van der Waals surface area contributed by atoms with Gasteiger partial charge in [0.1, 0.15) is 5.69 Å². The molecule has 0 fully saturated rings. The Morgan fingerprint density at radius 1 is 1.00 bits per heavy atom. The summed E-state index contributed by atoms with van der Waals surface area (Å²) in [6.45, 7) is 0. The zero-order chi connectivity index (χ0) is 17.4. The lowest BCUT2D eigenvalue weighted by atomic mass is 10.1. The van der Waals surface area contributed by atoms with Crippen molar-refractivity contribution < 1.29 is 0 Å². The quantitative estimate of drug-likeness (QED) is 0.604.